The maximum absolute atomic E-state index is 9.07. The minimum atomic E-state index is 0.249. The molecule has 1 N–H and O–H groups in total. The van der Waals surface area contributed by atoms with E-state index in [2.05, 4.69) is 57.7 Å². The second-order valence-electron chi connectivity index (χ2n) is 6.58. The van der Waals surface area contributed by atoms with Crippen LogP contribution in [0.4, 0.5) is 0 Å². The molecule has 1 aromatic carbocycles. The van der Waals surface area contributed by atoms with Crippen LogP contribution in [0.1, 0.15) is 11.4 Å². The number of pyridine rings is 1. The van der Waals surface area contributed by atoms with Crippen LogP contribution in [0.5, 0.6) is 0 Å². The number of rotatable bonds is 4. The summed E-state index contributed by atoms with van der Waals surface area (Å²) in [4.78, 5) is 9.65. The molecule has 2 aromatic heterocycles. The fourth-order valence-electron chi connectivity index (χ4n) is 3.65. The molecule has 0 bridgehead atoms. The van der Waals surface area contributed by atoms with E-state index >= 15 is 0 Å². The van der Waals surface area contributed by atoms with Crippen LogP contribution in [0, 0.1) is 6.92 Å². The van der Waals surface area contributed by atoms with Gasteiger partial charge < -0.3 is 9.51 Å². The smallest absolute Gasteiger partial charge is 0.145 e. The Kier molecular flexibility index (Phi) is 4.22. The first-order valence-electron chi connectivity index (χ1n) is 8.67. The normalized spacial score (nSPS) is 17.1. The van der Waals surface area contributed by atoms with Gasteiger partial charge in [0, 0.05) is 50.9 Å². The number of fused-ring (bicyclic) bond motifs is 3. The number of aliphatic hydroxyl groups excluding tert-OH is 1. The van der Waals surface area contributed by atoms with Crippen LogP contribution in [-0.2, 0) is 6.54 Å². The molecular weight excluding hydrogens is 300 g/mol. The molecule has 0 atom stereocenters. The fourth-order valence-corrected chi connectivity index (χ4v) is 3.65. The maximum atomic E-state index is 9.07. The number of aliphatic hydroxyl groups is 1. The van der Waals surface area contributed by atoms with Gasteiger partial charge in [-0.15, -0.1) is 0 Å². The first kappa shape index (κ1) is 15.6. The number of benzene rings is 1. The van der Waals surface area contributed by atoms with Gasteiger partial charge in [0.2, 0.25) is 0 Å². The zero-order valence-corrected chi connectivity index (χ0v) is 14.1. The van der Waals surface area contributed by atoms with E-state index in [1.165, 1.54) is 16.5 Å². The van der Waals surface area contributed by atoms with Crippen molar-refractivity contribution < 1.29 is 5.11 Å². The molecule has 0 spiro atoms. The van der Waals surface area contributed by atoms with Crippen molar-refractivity contribution in [3.63, 3.8) is 0 Å². The third kappa shape index (κ3) is 2.79. The Morgan fingerprint density at radius 2 is 1.79 bits per heavy atom. The lowest BCUT2D eigenvalue weighted by Gasteiger charge is -2.34. The number of aromatic nitrogens is 2. The molecule has 3 heterocycles. The first-order chi connectivity index (χ1) is 11.8. The summed E-state index contributed by atoms with van der Waals surface area (Å²) in [5.41, 5.74) is 3.45. The lowest BCUT2D eigenvalue weighted by Crippen LogP contribution is -2.46. The zero-order chi connectivity index (χ0) is 16.5. The molecule has 24 heavy (non-hydrogen) atoms. The highest BCUT2D eigenvalue weighted by Crippen LogP contribution is 2.23. The van der Waals surface area contributed by atoms with Crippen molar-refractivity contribution in [3.8, 4) is 0 Å². The predicted octanol–water partition coefficient (Wildman–Crippen LogP) is 1.91. The van der Waals surface area contributed by atoms with Gasteiger partial charge in [0.05, 0.1) is 18.0 Å². The molecule has 4 rings (SSSR count). The van der Waals surface area contributed by atoms with Gasteiger partial charge in [0.1, 0.15) is 5.65 Å². The summed E-state index contributed by atoms with van der Waals surface area (Å²) in [6.45, 7) is 8.21. The van der Waals surface area contributed by atoms with Gasteiger partial charge in [0.25, 0.3) is 0 Å². The highest BCUT2D eigenvalue weighted by molar-refractivity contribution is 5.94. The Morgan fingerprint density at radius 3 is 2.58 bits per heavy atom. The Labute approximate surface area is 142 Å². The van der Waals surface area contributed by atoms with Gasteiger partial charge >= 0.3 is 0 Å². The Morgan fingerprint density at radius 1 is 1.04 bits per heavy atom. The molecule has 126 valence electrons. The van der Waals surface area contributed by atoms with E-state index in [1.807, 2.05) is 0 Å². The summed E-state index contributed by atoms with van der Waals surface area (Å²) < 4.78 is 2.25. The molecule has 5 nitrogen and oxygen atoms in total. The van der Waals surface area contributed by atoms with E-state index in [9.17, 15) is 0 Å². The molecule has 0 aliphatic carbocycles. The fraction of sp³-hybridized carbons (Fsp3) is 0.421. The molecule has 0 amide bonds. The molecule has 1 saturated heterocycles. The van der Waals surface area contributed by atoms with Gasteiger partial charge in [-0.3, -0.25) is 9.80 Å². The monoisotopic (exact) mass is 324 g/mol. The summed E-state index contributed by atoms with van der Waals surface area (Å²) in [5, 5.41) is 11.5. The predicted molar refractivity (Wildman–Crippen MR) is 96.2 cm³/mol. The van der Waals surface area contributed by atoms with Gasteiger partial charge in [0.15, 0.2) is 0 Å². The molecule has 0 saturated carbocycles. The first-order valence-corrected chi connectivity index (χ1v) is 8.67. The van der Waals surface area contributed by atoms with Gasteiger partial charge in [-0.05, 0) is 18.4 Å². The van der Waals surface area contributed by atoms with Crippen molar-refractivity contribution >= 4 is 16.4 Å². The lowest BCUT2D eigenvalue weighted by atomic mass is 10.2. The van der Waals surface area contributed by atoms with Crippen molar-refractivity contribution in [2.45, 2.75) is 13.5 Å². The third-order valence-corrected chi connectivity index (χ3v) is 5.07. The summed E-state index contributed by atoms with van der Waals surface area (Å²) >= 11 is 0. The number of imidazole rings is 1. The van der Waals surface area contributed by atoms with Crippen molar-refractivity contribution in [2.75, 3.05) is 39.3 Å². The molecule has 1 aliphatic heterocycles. The Hall–Kier alpha value is -1.95. The van der Waals surface area contributed by atoms with E-state index in [1.54, 1.807) is 0 Å². The van der Waals surface area contributed by atoms with E-state index < -0.39 is 0 Å². The zero-order valence-electron chi connectivity index (χ0n) is 14.1. The van der Waals surface area contributed by atoms with Gasteiger partial charge in [-0.1, -0.05) is 24.3 Å². The molecular formula is C19H24N4O. The summed E-state index contributed by atoms with van der Waals surface area (Å²) in [6, 6.07) is 10.6. The van der Waals surface area contributed by atoms with E-state index in [0.29, 0.717) is 0 Å². The van der Waals surface area contributed by atoms with Crippen LogP contribution in [0.3, 0.4) is 0 Å². The molecule has 0 unspecified atom stereocenters. The Balaban J connectivity index is 1.61. The average molecular weight is 324 g/mol. The topological polar surface area (TPSA) is 44.0 Å². The quantitative estimate of drug-likeness (QED) is 0.796. The van der Waals surface area contributed by atoms with E-state index in [0.717, 1.165) is 50.6 Å². The second-order valence-corrected chi connectivity index (χ2v) is 6.58. The van der Waals surface area contributed by atoms with Crippen LogP contribution in [0.25, 0.3) is 16.4 Å². The number of nitrogens with zero attached hydrogens (tertiary/aromatic N) is 4. The van der Waals surface area contributed by atoms with Crippen molar-refractivity contribution in [1.82, 2.24) is 19.2 Å². The highest BCUT2D eigenvalue weighted by atomic mass is 16.3. The number of hydrogen-bond acceptors (Lipinski definition) is 4. The van der Waals surface area contributed by atoms with Crippen molar-refractivity contribution in [1.29, 1.82) is 0 Å². The maximum Gasteiger partial charge on any atom is 0.145 e. The van der Waals surface area contributed by atoms with Crippen LogP contribution in [-0.4, -0.2) is 63.6 Å². The van der Waals surface area contributed by atoms with E-state index in [-0.39, 0.29) is 6.61 Å². The number of hydrogen-bond donors (Lipinski definition) is 1. The minimum Gasteiger partial charge on any atom is -0.395 e. The van der Waals surface area contributed by atoms with Crippen molar-refractivity contribution in [3.05, 3.63) is 47.9 Å². The minimum absolute atomic E-state index is 0.249. The largest absolute Gasteiger partial charge is 0.395 e. The average Bonchev–Trinajstić information content (AvgIpc) is 2.93. The second kappa shape index (κ2) is 6.51. The summed E-state index contributed by atoms with van der Waals surface area (Å²) in [6.07, 6.45) is 2.15. The number of β-amino-alcohol motifs (C(OH)–C–C–N with tert-alkyl or cyclic N) is 1. The molecule has 5 heteroatoms. The highest BCUT2D eigenvalue weighted by Gasteiger charge is 2.19. The Bertz CT molecular complexity index is 849. The molecule has 1 aliphatic rings. The SMILES string of the molecule is Cc1nc2c3ccccc3ccn2c1CN1CCN(CCO)CC1. The number of piperazine rings is 1. The van der Waals surface area contributed by atoms with Crippen LogP contribution in [0.15, 0.2) is 36.5 Å². The molecule has 1 fully saturated rings. The van der Waals surface area contributed by atoms with Gasteiger partial charge in [-0.2, -0.15) is 0 Å². The lowest BCUT2D eigenvalue weighted by molar-refractivity contribution is 0.107. The van der Waals surface area contributed by atoms with E-state index in [4.69, 9.17) is 10.1 Å². The number of aryl methyl sites for hydroxylation is 1. The summed E-state index contributed by atoms with van der Waals surface area (Å²) in [7, 11) is 0. The van der Waals surface area contributed by atoms with Gasteiger partial charge in [-0.25, -0.2) is 4.98 Å². The standard InChI is InChI=1S/C19H24N4O/c1-15-18(14-22-10-8-21(9-11-22)12-13-24)23-7-6-16-4-2-3-5-17(16)19(23)20-15/h2-7,24H,8-14H2,1H3. The van der Waals surface area contributed by atoms with Crippen LogP contribution in [0.2, 0.25) is 0 Å². The molecule has 0 radical (unpaired) electrons. The summed E-state index contributed by atoms with van der Waals surface area (Å²) in [5.74, 6) is 0. The van der Waals surface area contributed by atoms with Crippen LogP contribution < -0.4 is 0 Å². The van der Waals surface area contributed by atoms with Crippen LogP contribution >= 0.6 is 0 Å². The third-order valence-electron chi connectivity index (χ3n) is 5.07. The molecule has 3 aromatic rings. The van der Waals surface area contributed by atoms with Crippen molar-refractivity contribution in [2.24, 2.45) is 0 Å².